The molecule has 12 heteroatoms. The van der Waals surface area contributed by atoms with Gasteiger partial charge in [-0.1, -0.05) is 6.07 Å². The third kappa shape index (κ3) is 5.47. The average Bonchev–Trinajstić information content (AvgIpc) is 2.85. The molecule has 1 saturated heterocycles. The Kier molecular flexibility index (Phi) is 6.70. The minimum atomic E-state index is -4.29. The van der Waals surface area contributed by atoms with E-state index in [1.54, 1.807) is 12.3 Å². The number of pyridine rings is 1. The van der Waals surface area contributed by atoms with Crippen LogP contribution in [-0.4, -0.2) is 50.5 Å². The van der Waals surface area contributed by atoms with E-state index in [9.17, 15) is 23.3 Å². The van der Waals surface area contributed by atoms with Crippen molar-refractivity contribution in [2.24, 2.45) is 0 Å². The molecule has 11 nitrogen and oxygen atoms in total. The monoisotopic (exact) mass is 484 g/mol. The fourth-order valence-electron chi connectivity index (χ4n) is 3.23. The normalized spacial score (nSPS) is 13.8. The summed E-state index contributed by atoms with van der Waals surface area (Å²) in [4.78, 5) is 28.8. The van der Waals surface area contributed by atoms with Crippen LogP contribution < -0.4 is 14.4 Å². The van der Waals surface area contributed by atoms with E-state index in [0.717, 1.165) is 25.0 Å². The molecule has 0 atom stereocenters. The topological polar surface area (TPSA) is 141 Å². The van der Waals surface area contributed by atoms with Crippen molar-refractivity contribution in [3.05, 3.63) is 82.5 Å². The summed E-state index contributed by atoms with van der Waals surface area (Å²) >= 11 is 0. The molecular formula is C22H20N4O7S. The second kappa shape index (κ2) is 9.85. The van der Waals surface area contributed by atoms with Crippen LogP contribution in [0.1, 0.15) is 10.4 Å². The summed E-state index contributed by atoms with van der Waals surface area (Å²) in [5.41, 5.74) is 0.414. The molecule has 1 aliphatic rings. The van der Waals surface area contributed by atoms with Crippen LogP contribution in [0.5, 0.6) is 5.75 Å². The number of ether oxygens (including phenoxy) is 1. The molecule has 0 saturated carbocycles. The Bertz CT molecular complexity index is 1290. The molecule has 0 aliphatic carbocycles. The van der Waals surface area contributed by atoms with Gasteiger partial charge in [0.15, 0.2) is 0 Å². The second-order valence-electron chi connectivity index (χ2n) is 7.27. The van der Waals surface area contributed by atoms with Crippen molar-refractivity contribution in [1.82, 2.24) is 4.98 Å². The lowest BCUT2D eigenvalue weighted by Crippen LogP contribution is -2.36. The van der Waals surface area contributed by atoms with Crippen molar-refractivity contribution in [1.29, 1.82) is 0 Å². The highest BCUT2D eigenvalue weighted by atomic mass is 32.2. The Labute approximate surface area is 195 Å². The van der Waals surface area contributed by atoms with Crippen LogP contribution in [0, 0.1) is 10.1 Å². The van der Waals surface area contributed by atoms with Crippen molar-refractivity contribution in [2.75, 3.05) is 36.5 Å². The number of anilines is 2. The molecule has 1 amide bonds. The summed E-state index contributed by atoms with van der Waals surface area (Å²) in [6.45, 7) is 2.80. The zero-order valence-electron chi connectivity index (χ0n) is 17.8. The number of nitrogens with one attached hydrogen (secondary N) is 1. The van der Waals surface area contributed by atoms with Crippen LogP contribution in [0.4, 0.5) is 17.2 Å². The number of hydrogen-bond donors (Lipinski definition) is 1. The molecule has 0 radical (unpaired) electrons. The number of nitro groups is 1. The maximum absolute atomic E-state index is 12.5. The first kappa shape index (κ1) is 23.1. The largest absolute Gasteiger partial charge is 0.379 e. The number of carbonyl (C=O) groups is 1. The van der Waals surface area contributed by atoms with Gasteiger partial charge in [0.1, 0.15) is 16.5 Å². The first-order valence-electron chi connectivity index (χ1n) is 10.2. The van der Waals surface area contributed by atoms with Crippen molar-refractivity contribution in [3.63, 3.8) is 0 Å². The predicted octanol–water partition coefficient (Wildman–Crippen LogP) is 2.85. The molecule has 3 aromatic rings. The van der Waals surface area contributed by atoms with E-state index in [1.165, 1.54) is 42.5 Å². The molecule has 0 spiro atoms. The maximum atomic E-state index is 12.5. The molecule has 1 N–H and O–H groups in total. The summed E-state index contributed by atoms with van der Waals surface area (Å²) in [6, 6.07) is 13.6. The van der Waals surface area contributed by atoms with Gasteiger partial charge in [0.2, 0.25) is 0 Å². The van der Waals surface area contributed by atoms with Crippen LogP contribution >= 0.6 is 0 Å². The minimum absolute atomic E-state index is 0.0420. The van der Waals surface area contributed by atoms with E-state index in [-0.39, 0.29) is 21.9 Å². The second-order valence-corrected chi connectivity index (χ2v) is 8.82. The van der Waals surface area contributed by atoms with Crippen molar-refractivity contribution >= 4 is 33.2 Å². The average molecular weight is 484 g/mol. The fourth-order valence-corrected chi connectivity index (χ4v) is 4.20. The smallest absolute Gasteiger partial charge is 0.339 e. The molecule has 0 unspecified atom stereocenters. The summed E-state index contributed by atoms with van der Waals surface area (Å²) in [5.74, 6) is 0.348. The van der Waals surface area contributed by atoms with Gasteiger partial charge in [0.05, 0.1) is 30.0 Å². The summed E-state index contributed by atoms with van der Waals surface area (Å²) < 4.78 is 35.2. The summed E-state index contributed by atoms with van der Waals surface area (Å²) in [6.07, 6.45) is 1.56. The summed E-state index contributed by atoms with van der Waals surface area (Å²) in [7, 11) is -4.29. The van der Waals surface area contributed by atoms with E-state index in [2.05, 4.69) is 15.2 Å². The number of benzene rings is 2. The third-order valence-corrected chi connectivity index (χ3v) is 6.22. The van der Waals surface area contributed by atoms with Crippen LogP contribution in [-0.2, 0) is 14.9 Å². The Balaban J connectivity index is 1.39. The first-order chi connectivity index (χ1) is 16.3. The Morgan fingerprint density at radius 3 is 2.47 bits per heavy atom. The van der Waals surface area contributed by atoms with Gasteiger partial charge in [0, 0.05) is 30.8 Å². The molecule has 4 rings (SSSR count). The lowest BCUT2D eigenvalue weighted by atomic mass is 10.2. The van der Waals surface area contributed by atoms with Crippen LogP contribution in [0.25, 0.3) is 0 Å². The molecular weight excluding hydrogens is 464 g/mol. The number of morpholine rings is 1. The first-order valence-corrected chi connectivity index (χ1v) is 11.6. The SMILES string of the molecule is O=C(Nc1ccc(N2CCOCC2)nc1)c1ccc(OS(=O)(=O)c2cccc([N+](=O)[O-])c2)cc1. The lowest BCUT2D eigenvalue weighted by Gasteiger charge is -2.27. The standard InChI is InChI=1S/C22H20N4O7S/c27-22(24-17-6-9-21(23-15-17)25-10-12-32-13-11-25)16-4-7-19(8-5-16)33-34(30,31)20-3-1-2-18(14-20)26(28)29/h1-9,14-15H,10-13H2,(H,24,27). The van der Waals surface area contributed by atoms with Gasteiger partial charge in [-0.05, 0) is 42.5 Å². The lowest BCUT2D eigenvalue weighted by molar-refractivity contribution is -0.385. The zero-order chi connectivity index (χ0) is 24.1. The van der Waals surface area contributed by atoms with Gasteiger partial charge in [-0.2, -0.15) is 8.42 Å². The van der Waals surface area contributed by atoms with E-state index in [1.807, 2.05) is 6.07 Å². The van der Waals surface area contributed by atoms with Crippen LogP contribution in [0.3, 0.4) is 0 Å². The van der Waals surface area contributed by atoms with E-state index >= 15 is 0 Å². The van der Waals surface area contributed by atoms with Crippen LogP contribution in [0.15, 0.2) is 71.8 Å². The number of amides is 1. The highest BCUT2D eigenvalue weighted by Gasteiger charge is 2.20. The predicted molar refractivity (Wildman–Crippen MR) is 123 cm³/mol. The highest BCUT2D eigenvalue weighted by Crippen LogP contribution is 2.23. The maximum Gasteiger partial charge on any atom is 0.339 e. The zero-order valence-corrected chi connectivity index (χ0v) is 18.6. The molecule has 1 fully saturated rings. The van der Waals surface area contributed by atoms with Crippen molar-refractivity contribution in [3.8, 4) is 5.75 Å². The van der Waals surface area contributed by atoms with E-state index in [0.29, 0.717) is 18.9 Å². The van der Waals surface area contributed by atoms with E-state index in [4.69, 9.17) is 8.92 Å². The number of nitrogens with zero attached hydrogens (tertiary/aromatic N) is 3. The molecule has 2 heterocycles. The number of rotatable bonds is 7. The van der Waals surface area contributed by atoms with Crippen LogP contribution in [0.2, 0.25) is 0 Å². The number of aromatic nitrogens is 1. The van der Waals surface area contributed by atoms with Gasteiger partial charge >= 0.3 is 10.1 Å². The highest BCUT2D eigenvalue weighted by molar-refractivity contribution is 7.87. The van der Waals surface area contributed by atoms with Crippen molar-refractivity contribution in [2.45, 2.75) is 4.90 Å². The fraction of sp³-hybridized carbons (Fsp3) is 0.182. The van der Waals surface area contributed by atoms with Gasteiger partial charge in [-0.25, -0.2) is 4.98 Å². The molecule has 2 aromatic carbocycles. The quantitative estimate of drug-likeness (QED) is 0.304. The number of nitro benzene ring substituents is 1. The van der Waals surface area contributed by atoms with Gasteiger partial charge in [-0.3, -0.25) is 14.9 Å². The van der Waals surface area contributed by atoms with E-state index < -0.39 is 20.9 Å². The van der Waals surface area contributed by atoms with Crippen molar-refractivity contribution < 1.29 is 27.1 Å². The minimum Gasteiger partial charge on any atom is -0.379 e. The number of carbonyl (C=O) groups excluding carboxylic acids is 1. The summed E-state index contributed by atoms with van der Waals surface area (Å²) in [5, 5.41) is 13.6. The Morgan fingerprint density at radius 2 is 1.82 bits per heavy atom. The van der Waals surface area contributed by atoms with Gasteiger partial charge < -0.3 is 19.1 Å². The number of non-ortho nitro benzene ring substituents is 1. The molecule has 34 heavy (non-hydrogen) atoms. The molecule has 1 aliphatic heterocycles. The number of hydrogen-bond acceptors (Lipinski definition) is 9. The third-order valence-electron chi connectivity index (χ3n) is 4.98. The molecule has 1 aromatic heterocycles. The Morgan fingerprint density at radius 1 is 1.09 bits per heavy atom. The Hall–Kier alpha value is -4.03. The molecule has 176 valence electrons. The molecule has 0 bridgehead atoms. The van der Waals surface area contributed by atoms with Gasteiger partial charge in [0.25, 0.3) is 11.6 Å². The van der Waals surface area contributed by atoms with Gasteiger partial charge in [-0.15, -0.1) is 0 Å².